The fraction of sp³-hybridized carbons (Fsp3) is 0.0556. The molecule has 3 aromatic rings. The van der Waals surface area contributed by atoms with Crippen molar-refractivity contribution in [3.63, 3.8) is 0 Å². The van der Waals surface area contributed by atoms with Gasteiger partial charge in [-0.15, -0.1) is 0 Å². The van der Waals surface area contributed by atoms with Crippen LogP contribution in [0.25, 0.3) is 11.3 Å². The maximum absolute atomic E-state index is 11.1. The number of rotatable bonds is 4. The Morgan fingerprint density at radius 3 is 2.29 bits per heavy atom. The predicted octanol–water partition coefficient (Wildman–Crippen LogP) is 3.43. The summed E-state index contributed by atoms with van der Waals surface area (Å²) in [5, 5.41) is 5.95. The molecule has 0 aliphatic heterocycles. The fourth-order valence-electron chi connectivity index (χ4n) is 2.23. The maximum Gasteiger partial charge on any atom is 0.221 e. The fourth-order valence-corrected chi connectivity index (χ4v) is 2.23. The summed E-state index contributed by atoms with van der Waals surface area (Å²) in [6.45, 7) is 1.48. The van der Waals surface area contributed by atoms with E-state index in [1.165, 1.54) is 13.3 Å². The van der Waals surface area contributed by atoms with Gasteiger partial charge in [-0.3, -0.25) is 4.79 Å². The van der Waals surface area contributed by atoms with Crippen molar-refractivity contribution in [3.05, 3.63) is 60.9 Å². The van der Waals surface area contributed by atoms with E-state index in [0.717, 1.165) is 22.6 Å². The Hall–Kier alpha value is -3.41. The van der Waals surface area contributed by atoms with E-state index in [9.17, 15) is 4.79 Å². The number of nitrogens with one attached hydrogen (secondary N) is 2. The molecule has 6 nitrogen and oxygen atoms in total. The van der Waals surface area contributed by atoms with Gasteiger partial charge in [0.25, 0.3) is 0 Å². The first-order valence-electron chi connectivity index (χ1n) is 7.43. The van der Waals surface area contributed by atoms with Crippen LogP contribution in [0, 0.1) is 0 Å². The van der Waals surface area contributed by atoms with Gasteiger partial charge < -0.3 is 16.4 Å². The third-order valence-electron chi connectivity index (χ3n) is 3.35. The average molecular weight is 319 g/mol. The van der Waals surface area contributed by atoms with Crippen molar-refractivity contribution in [2.24, 2.45) is 0 Å². The van der Waals surface area contributed by atoms with E-state index in [4.69, 9.17) is 5.73 Å². The lowest BCUT2D eigenvalue weighted by Crippen LogP contribution is -2.05. The van der Waals surface area contributed by atoms with Gasteiger partial charge in [-0.2, -0.15) is 0 Å². The highest BCUT2D eigenvalue weighted by Crippen LogP contribution is 2.23. The van der Waals surface area contributed by atoms with Gasteiger partial charge in [0.2, 0.25) is 5.91 Å². The first kappa shape index (κ1) is 15.5. The number of nitrogens with two attached hydrogens (primary N) is 1. The van der Waals surface area contributed by atoms with Crippen molar-refractivity contribution in [2.45, 2.75) is 6.92 Å². The number of benzene rings is 2. The maximum atomic E-state index is 11.1. The van der Waals surface area contributed by atoms with Crippen LogP contribution in [0.3, 0.4) is 0 Å². The summed E-state index contributed by atoms with van der Waals surface area (Å²) in [7, 11) is 0. The Morgan fingerprint density at radius 2 is 1.62 bits per heavy atom. The van der Waals surface area contributed by atoms with E-state index in [-0.39, 0.29) is 5.91 Å². The summed E-state index contributed by atoms with van der Waals surface area (Å²) in [6, 6.07) is 16.8. The molecule has 0 radical (unpaired) electrons. The minimum absolute atomic E-state index is 0.0974. The van der Waals surface area contributed by atoms with E-state index in [0.29, 0.717) is 11.5 Å². The highest BCUT2D eigenvalue weighted by molar-refractivity contribution is 5.88. The number of nitrogen functional groups attached to an aromatic ring is 1. The minimum Gasteiger partial charge on any atom is -0.399 e. The normalized spacial score (nSPS) is 10.2. The number of hydrogen-bond donors (Lipinski definition) is 3. The van der Waals surface area contributed by atoms with Crippen molar-refractivity contribution >= 4 is 28.8 Å². The monoisotopic (exact) mass is 319 g/mol. The molecule has 0 bridgehead atoms. The minimum atomic E-state index is -0.0974. The van der Waals surface area contributed by atoms with E-state index < -0.39 is 0 Å². The van der Waals surface area contributed by atoms with Gasteiger partial charge in [0.1, 0.15) is 12.1 Å². The van der Waals surface area contributed by atoms with Crippen LogP contribution in [-0.4, -0.2) is 15.9 Å². The molecule has 0 atom stereocenters. The largest absolute Gasteiger partial charge is 0.399 e. The molecule has 0 saturated heterocycles. The highest BCUT2D eigenvalue weighted by Gasteiger charge is 2.04. The zero-order valence-electron chi connectivity index (χ0n) is 13.2. The van der Waals surface area contributed by atoms with Gasteiger partial charge in [0.15, 0.2) is 0 Å². The summed E-state index contributed by atoms with van der Waals surface area (Å²) in [6.07, 6.45) is 1.51. The van der Waals surface area contributed by atoms with Gasteiger partial charge in [0, 0.05) is 35.6 Å². The van der Waals surface area contributed by atoms with Crippen LogP contribution in [0.5, 0.6) is 0 Å². The third-order valence-corrected chi connectivity index (χ3v) is 3.35. The predicted molar refractivity (Wildman–Crippen MR) is 95.9 cm³/mol. The molecule has 0 spiro atoms. The van der Waals surface area contributed by atoms with Crippen LogP contribution in [0.2, 0.25) is 0 Å². The molecule has 0 aliphatic rings. The highest BCUT2D eigenvalue weighted by atomic mass is 16.1. The quantitative estimate of drug-likeness (QED) is 0.641. The number of amides is 1. The summed E-state index contributed by atoms with van der Waals surface area (Å²) in [5.41, 5.74) is 9.77. The van der Waals surface area contributed by atoms with E-state index in [1.807, 2.05) is 54.6 Å². The molecular weight excluding hydrogens is 302 g/mol. The first-order chi connectivity index (χ1) is 11.6. The lowest BCUT2D eigenvalue weighted by Gasteiger charge is -2.08. The summed E-state index contributed by atoms with van der Waals surface area (Å²) in [5.74, 6) is 0.593. The molecule has 6 heteroatoms. The summed E-state index contributed by atoms with van der Waals surface area (Å²) in [4.78, 5) is 19.6. The van der Waals surface area contributed by atoms with Crippen LogP contribution in [0.15, 0.2) is 60.9 Å². The number of hydrogen-bond acceptors (Lipinski definition) is 5. The molecule has 0 fully saturated rings. The Balaban J connectivity index is 1.79. The number of carbonyl (C=O) groups is 1. The molecule has 2 aromatic carbocycles. The second-order valence-electron chi connectivity index (χ2n) is 5.29. The standard InChI is InChI=1S/C18H17N5O/c1-12(24)22-15-6-2-13(3-7-15)17-10-18(21-11-20-17)23-16-8-4-14(19)5-9-16/h2-11H,19H2,1H3,(H,22,24)(H,20,21,23). The van der Waals surface area contributed by atoms with Gasteiger partial charge >= 0.3 is 0 Å². The molecular formula is C18H17N5O. The van der Waals surface area contributed by atoms with Crippen molar-refractivity contribution < 1.29 is 4.79 Å². The number of nitrogens with zero attached hydrogens (tertiary/aromatic N) is 2. The lowest BCUT2D eigenvalue weighted by molar-refractivity contribution is -0.114. The second-order valence-corrected chi connectivity index (χ2v) is 5.29. The van der Waals surface area contributed by atoms with Gasteiger partial charge in [-0.25, -0.2) is 9.97 Å². The van der Waals surface area contributed by atoms with Crippen LogP contribution in [0.4, 0.5) is 22.9 Å². The Morgan fingerprint density at radius 1 is 0.958 bits per heavy atom. The molecule has 0 saturated carbocycles. The van der Waals surface area contributed by atoms with E-state index in [1.54, 1.807) is 0 Å². The molecule has 3 rings (SSSR count). The Bertz CT molecular complexity index is 844. The zero-order chi connectivity index (χ0) is 16.9. The topological polar surface area (TPSA) is 92.9 Å². The molecule has 0 aliphatic carbocycles. The van der Waals surface area contributed by atoms with Crippen molar-refractivity contribution in [3.8, 4) is 11.3 Å². The van der Waals surface area contributed by atoms with Gasteiger partial charge in [-0.1, -0.05) is 12.1 Å². The number of anilines is 4. The second kappa shape index (κ2) is 6.78. The Kier molecular flexibility index (Phi) is 4.38. The molecule has 120 valence electrons. The SMILES string of the molecule is CC(=O)Nc1ccc(-c2cc(Nc3ccc(N)cc3)ncn2)cc1. The van der Waals surface area contributed by atoms with E-state index >= 15 is 0 Å². The zero-order valence-corrected chi connectivity index (χ0v) is 13.2. The average Bonchev–Trinajstić information content (AvgIpc) is 2.57. The van der Waals surface area contributed by atoms with Gasteiger partial charge in [-0.05, 0) is 36.4 Å². The van der Waals surface area contributed by atoms with Crippen LogP contribution >= 0.6 is 0 Å². The smallest absolute Gasteiger partial charge is 0.221 e. The molecule has 1 heterocycles. The van der Waals surface area contributed by atoms with Crippen molar-refractivity contribution in [1.29, 1.82) is 0 Å². The Labute approximate surface area is 139 Å². The summed E-state index contributed by atoms with van der Waals surface area (Å²) >= 11 is 0. The number of aromatic nitrogens is 2. The first-order valence-corrected chi connectivity index (χ1v) is 7.43. The van der Waals surface area contributed by atoms with Crippen molar-refractivity contribution in [2.75, 3.05) is 16.4 Å². The van der Waals surface area contributed by atoms with E-state index in [2.05, 4.69) is 20.6 Å². The number of carbonyl (C=O) groups excluding carboxylic acids is 1. The molecule has 0 unspecified atom stereocenters. The van der Waals surface area contributed by atoms with Crippen LogP contribution in [0.1, 0.15) is 6.92 Å². The van der Waals surface area contributed by atoms with Gasteiger partial charge in [0.05, 0.1) is 5.69 Å². The van der Waals surface area contributed by atoms with Crippen molar-refractivity contribution in [1.82, 2.24) is 9.97 Å². The van der Waals surface area contributed by atoms with Crippen LogP contribution < -0.4 is 16.4 Å². The third kappa shape index (κ3) is 3.86. The summed E-state index contributed by atoms with van der Waals surface area (Å²) < 4.78 is 0. The molecule has 4 N–H and O–H groups in total. The lowest BCUT2D eigenvalue weighted by atomic mass is 10.1. The molecule has 1 aromatic heterocycles. The molecule has 24 heavy (non-hydrogen) atoms. The molecule has 1 amide bonds. The van der Waals surface area contributed by atoms with Crippen LogP contribution in [-0.2, 0) is 4.79 Å².